The van der Waals surface area contributed by atoms with E-state index in [1.807, 2.05) is 28.8 Å². The van der Waals surface area contributed by atoms with Crippen molar-refractivity contribution < 1.29 is 16.5 Å². The molecule has 0 aliphatic carbocycles. The Bertz CT molecular complexity index is 966. The number of aryl methyl sites for hydroxylation is 1. The number of para-hydroxylation sites is 2. The largest absolute Gasteiger partial charge is 0.488 e. The predicted molar refractivity (Wildman–Crippen MR) is 95.0 cm³/mol. The second kappa shape index (κ2) is 7.23. The zero-order valence-corrected chi connectivity index (χ0v) is 14.7. The Kier molecular flexibility index (Phi) is 5.03. The Labute approximate surface area is 146 Å². The highest BCUT2D eigenvalue weighted by atomic mass is 32.3. The molecule has 3 aromatic rings. The molecule has 0 atom stereocenters. The summed E-state index contributed by atoms with van der Waals surface area (Å²) in [6.07, 6.45) is 4.15. The van der Waals surface area contributed by atoms with Crippen LogP contribution in [0.3, 0.4) is 0 Å². The molecule has 0 amide bonds. The van der Waals surface area contributed by atoms with Crippen molar-refractivity contribution in [3.8, 4) is 11.4 Å². The predicted octanol–water partition coefficient (Wildman–Crippen LogP) is 4.35. The number of aromatic nitrogens is 2. The van der Waals surface area contributed by atoms with E-state index in [-0.39, 0.29) is 5.75 Å². The van der Waals surface area contributed by atoms with Crippen LogP contribution in [0.25, 0.3) is 16.7 Å². The highest BCUT2D eigenvalue weighted by molar-refractivity contribution is 7.81. The molecule has 0 unspecified atom stereocenters. The first-order valence-electron chi connectivity index (χ1n) is 8.19. The van der Waals surface area contributed by atoms with E-state index >= 15 is 0 Å². The number of benzene rings is 2. The van der Waals surface area contributed by atoms with Gasteiger partial charge in [-0.2, -0.15) is 8.42 Å². The second-order valence-corrected chi connectivity index (χ2v) is 6.73. The maximum absolute atomic E-state index is 12.6. The van der Waals surface area contributed by atoms with E-state index in [1.165, 1.54) is 12.1 Å². The normalized spacial score (nSPS) is 11.8. The molecule has 25 heavy (non-hydrogen) atoms. The first kappa shape index (κ1) is 17.4. The molecule has 0 spiro atoms. The molecule has 132 valence electrons. The summed E-state index contributed by atoms with van der Waals surface area (Å²) >= 11 is 0. The Morgan fingerprint density at radius 2 is 1.80 bits per heavy atom. The number of imidazole rings is 1. The fourth-order valence-electron chi connectivity index (χ4n) is 2.83. The minimum atomic E-state index is -5.02. The fraction of sp³-hybridized carbons (Fsp3) is 0.278. The van der Waals surface area contributed by atoms with Crippen LogP contribution < -0.4 is 4.18 Å². The molecular weight excluding hydrogens is 343 g/mol. The van der Waals surface area contributed by atoms with Crippen molar-refractivity contribution >= 4 is 21.5 Å². The van der Waals surface area contributed by atoms with Gasteiger partial charge in [0.25, 0.3) is 0 Å². The molecular formula is C18H19FN2O3S. The number of fused-ring (bicyclic) bond motifs is 1. The highest BCUT2D eigenvalue weighted by Gasteiger charge is 2.13. The maximum Gasteiger partial charge on any atom is 0.488 e. The van der Waals surface area contributed by atoms with Gasteiger partial charge in [-0.15, -0.1) is 0 Å². The van der Waals surface area contributed by atoms with Gasteiger partial charge in [0.05, 0.1) is 11.0 Å². The Morgan fingerprint density at radius 1 is 1.08 bits per heavy atom. The molecule has 1 heterocycles. The van der Waals surface area contributed by atoms with Crippen molar-refractivity contribution in [1.29, 1.82) is 0 Å². The van der Waals surface area contributed by atoms with Crippen LogP contribution in [-0.2, 0) is 16.9 Å². The molecule has 0 fully saturated rings. The summed E-state index contributed by atoms with van der Waals surface area (Å²) in [5.74, 6) is 0.879. The van der Waals surface area contributed by atoms with Gasteiger partial charge in [0.1, 0.15) is 11.6 Å². The van der Waals surface area contributed by atoms with Gasteiger partial charge in [0.2, 0.25) is 0 Å². The molecule has 7 heteroatoms. The maximum atomic E-state index is 12.6. The third-order valence-electron chi connectivity index (χ3n) is 3.92. The number of hydrogen-bond acceptors (Lipinski definition) is 4. The number of hydrogen-bond donors (Lipinski definition) is 0. The third-order valence-corrected chi connectivity index (χ3v) is 4.32. The van der Waals surface area contributed by atoms with Gasteiger partial charge >= 0.3 is 10.5 Å². The molecule has 1 aromatic heterocycles. The summed E-state index contributed by atoms with van der Waals surface area (Å²) in [7, 11) is -5.02. The number of halogens is 1. The fourth-order valence-corrected chi connectivity index (χ4v) is 3.17. The van der Waals surface area contributed by atoms with E-state index in [1.54, 1.807) is 12.1 Å². The lowest BCUT2D eigenvalue weighted by molar-refractivity contribution is 0.440. The van der Waals surface area contributed by atoms with Crippen molar-refractivity contribution in [2.75, 3.05) is 0 Å². The zero-order valence-electron chi connectivity index (χ0n) is 13.9. The van der Waals surface area contributed by atoms with Gasteiger partial charge in [-0.1, -0.05) is 35.8 Å². The molecule has 0 saturated carbocycles. The van der Waals surface area contributed by atoms with E-state index in [4.69, 9.17) is 4.98 Å². The number of nitrogens with zero attached hydrogens (tertiary/aromatic N) is 2. The molecule has 0 aliphatic rings. The zero-order chi connectivity index (χ0) is 17.9. The lowest BCUT2D eigenvalue weighted by atomic mass is 10.2. The first-order valence-corrected chi connectivity index (χ1v) is 9.49. The van der Waals surface area contributed by atoms with Crippen LogP contribution in [-0.4, -0.2) is 18.0 Å². The van der Waals surface area contributed by atoms with Crippen molar-refractivity contribution in [3.63, 3.8) is 0 Å². The van der Waals surface area contributed by atoms with Crippen LogP contribution in [0, 0.1) is 0 Å². The molecule has 0 saturated heterocycles. The molecule has 0 radical (unpaired) electrons. The van der Waals surface area contributed by atoms with Crippen molar-refractivity contribution in [3.05, 3.63) is 54.4 Å². The summed E-state index contributed by atoms with van der Waals surface area (Å²) in [4.78, 5) is 4.72. The topological polar surface area (TPSA) is 61.2 Å². The van der Waals surface area contributed by atoms with Crippen molar-refractivity contribution in [2.45, 2.75) is 32.6 Å². The van der Waals surface area contributed by atoms with Crippen LogP contribution in [0.15, 0.2) is 48.5 Å². The minimum absolute atomic E-state index is 0.0665. The van der Waals surface area contributed by atoms with E-state index in [0.29, 0.717) is 0 Å². The summed E-state index contributed by atoms with van der Waals surface area (Å²) in [5.41, 5.74) is 2.70. The summed E-state index contributed by atoms with van der Waals surface area (Å²) in [6.45, 7) is 2.15. The average Bonchev–Trinajstić information content (AvgIpc) is 2.93. The number of unbranched alkanes of at least 4 members (excludes halogenated alkanes) is 2. The monoisotopic (exact) mass is 362 g/mol. The lowest BCUT2D eigenvalue weighted by Gasteiger charge is -2.10. The van der Waals surface area contributed by atoms with Crippen LogP contribution >= 0.6 is 0 Å². The van der Waals surface area contributed by atoms with Crippen LogP contribution in [0.4, 0.5) is 3.89 Å². The highest BCUT2D eigenvalue weighted by Crippen LogP contribution is 2.25. The van der Waals surface area contributed by atoms with E-state index in [9.17, 15) is 12.3 Å². The Morgan fingerprint density at radius 3 is 2.48 bits per heavy atom. The number of rotatable bonds is 7. The second-order valence-electron chi connectivity index (χ2n) is 5.78. The standard InChI is InChI=1S/C18H19FN2O3S/c1-2-3-4-9-18-20-16-7-5-6-8-17(16)21(18)14-10-12-15(13-11-14)24-25(19,22)23/h5-8,10-13H,2-4,9H2,1H3. The molecule has 5 nitrogen and oxygen atoms in total. The van der Waals surface area contributed by atoms with Crippen LogP contribution in [0.5, 0.6) is 5.75 Å². The molecule has 0 N–H and O–H groups in total. The third kappa shape index (κ3) is 4.17. The summed E-state index contributed by atoms with van der Waals surface area (Å²) in [6, 6.07) is 14.1. The van der Waals surface area contributed by atoms with Gasteiger partial charge < -0.3 is 4.18 Å². The summed E-state index contributed by atoms with van der Waals surface area (Å²) in [5, 5.41) is 0. The Hall–Kier alpha value is -2.41. The summed E-state index contributed by atoms with van der Waals surface area (Å²) < 4.78 is 40.1. The molecule has 0 bridgehead atoms. The van der Waals surface area contributed by atoms with E-state index < -0.39 is 10.5 Å². The molecule has 2 aromatic carbocycles. The van der Waals surface area contributed by atoms with Gasteiger partial charge in [-0.05, 0) is 42.8 Å². The van der Waals surface area contributed by atoms with Gasteiger partial charge in [0, 0.05) is 12.1 Å². The first-order chi connectivity index (χ1) is 12.0. The quantitative estimate of drug-likeness (QED) is 0.463. The lowest BCUT2D eigenvalue weighted by Crippen LogP contribution is -2.03. The molecule has 3 rings (SSSR count). The molecule has 0 aliphatic heterocycles. The van der Waals surface area contributed by atoms with Crippen LogP contribution in [0.2, 0.25) is 0 Å². The minimum Gasteiger partial charge on any atom is -0.358 e. The van der Waals surface area contributed by atoms with Crippen molar-refractivity contribution in [1.82, 2.24) is 9.55 Å². The Balaban J connectivity index is 1.99. The van der Waals surface area contributed by atoms with Crippen LogP contribution in [0.1, 0.15) is 32.0 Å². The average molecular weight is 362 g/mol. The smallest absolute Gasteiger partial charge is 0.358 e. The van der Waals surface area contributed by atoms with Gasteiger partial charge in [-0.25, -0.2) is 4.98 Å². The van der Waals surface area contributed by atoms with Gasteiger partial charge in [-0.3, -0.25) is 4.57 Å². The SMILES string of the molecule is CCCCCc1nc2ccccc2n1-c1ccc(OS(=O)(=O)F)cc1. The van der Waals surface area contributed by atoms with E-state index in [2.05, 4.69) is 11.1 Å². The van der Waals surface area contributed by atoms with Crippen molar-refractivity contribution in [2.24, 2.45) is 0 Å². The van der Waals surface area contributed by atoms with E-state index in [0.717, 1.165) is 48.2 Å². The van der Waals surface area contributed by atoms with Gasteiger partial charge in [0.15, 0.2) is 0 Å².